The van der Waals surface area contributed by atoms with Gasteiger partial charge in [0.25, 0.3) is 0 Å². The van der Waals surface area contributed by atoms with Crippen LogP contribution in [0, 0.1) is 13.8 Å². The van der Waals surface area contributed by atoms with E-state index in [4.69, 9.17) is 14.6 Å². The Labute approximate surface area is 186 Å². The van der Waals surface area contributed by atoms with Crippen LogP contribution in [-0.4, -0.2) is 38.0 Å². The first-order valence-electron chi connectivity index (χ1n) is 11.1. The van der Waals surface area contributed by atoms with E-state index in [1.807, 2.05) is 0 Å². The molecule has 0 bridgehead atoms. The van der Waals surface area contributed by atoms with Crippen molar-refractivity contribution in [3.63, 3.8) is 0 Å². The van der Waals surface area contributed by atoms with Crippen LogP contribution in [0.2, 0.25) is 0 Å². The zero-order chi connectivity index (χ0) is 22.8. The number of aryl methyl sites for hydroxylation is 3. The molecule has 0 aliphatic heterocycles. The summed E-state index contributed by atoms with van der Waals surface area (Å²) in [4.78, 5) is 11.8. The quantitative estimate of drug-likeness (QED) is 0.277. The van der Waals surface area contributed by atoms with Gasteiger partial charge in [-0.1, -0.05) is 62.7 Å². The summed E-state index contributed by atoms with van der Waals surface area (Å²) in [7, 11) is 1.63. The van der Waals surface area contributed by atoms with Crippen molar-refractivity contribution in [2.75, 3.05) is 26.9 Å². The zero-order valence-electron chi connectivity index (χ0n) is 19.4. The van der Waals surface area contributed by atoms with E-state index in [1.54, 1.807) is 7.11 Å². The lowest BCUT2D eigenvalue weighted by Gasteiger charge is -2.19. The molecule has 1 N–H and O–H groups in total. The van der Waals surface area contributed by atoms with Gasteiger partial charge in [-0.25, -0.2) is 4.79 Å². The number of carbonyl (C=O) groups is 1. The summed E-state index contributed by atoms with van der Waals surface area (Å²) >= 11 is 0. The normalized spacial score (nSPS) is 11.9. The van der Waals surface area contributed by atoms with Gasteiger partial charge in [0.05, 0.1) is 18.8 Å². The summed E-state index contributed by atoms with van der Waals surface area (Å²) in [6.45, 7) is 10.2. The number of esters is 1. The molecule has 0 aliphatic carbocycles. The molecule has 0 radical (unpaired) electrons. The summed E-state index contributed by atoms with van der Waals surface area (Å²) in [6, 6.07) is 13.1. The monoisotopic (exact) mass is 424 g/mol. The fraction of sp³-hybridized carbons (Fsp3) is 0.444. The van der Waals surface area contributed by atoms with E-state index in [1.165, 1.54) is 47.1 Å². The molecule has 168 valence electrons. The first-order valence-corrected chi connectivity index (χ1v) is 11.1. The molecular formula is C27H36O4. The van der Waals surface area contributed by atoms with Crippen LogP contribution >= 0.6 is 0 Å². The van der Waals surface area contributed by atoms with Crippen LogP contribution in [0.3, 0.4) is 0 Å². The number of benzene rings is 2. The van der Waals surface area contributed by atoms with Crippen LogP contribution in [-0.2, 0) is 20.7 Å². The summed E-state index contributed by atoms with van der Waals surface area (Å²) in [6.07, 6.45) is 4.88. The second-order valence-corrected chi connectivity index (χ2v) is 8.19. The minimum Gasteiger partial charge on any atom is -0.462 e. The smallest absolute Gasteiger partial charge is 0.335 e. The number of unbranched alkanes of at least 4 members (excludes halogenated alkanes) is 2. The second kappa shape index (κ2) is 12.4. The van der Waals surface area contributed by atoms with Crippen molar-refractivity contribution in [2.24, 2.45) is 0 Å². The Morgan fingerprint density at radius 2 is 1.84 bits per heavy atom. The number of hydrogen-bond acceptors (Lipinski definition) is 4. The van der Waals surface area contributed by atoms with Crippen molar-refractivity contribution in [3.05, 3.63) is 70.8 Å². The molecule has 0 fully saturated rings. The lowest BCUT2D eigenvalue weighted by molar-refractivity contribution is -0.140. The Morgan fingerprint density at radius 1 is 1.06 bits per heavy atom. The molecule has 2 aromatic rings. The summed E-state index contributed by atoms with van der Waals surface area (Å²) in [5, 5.41) is 9.03. The maximum atomic E-state index is 11.8. The number of ether oxygens (including phenoxy) is 2. The topological polar surface area (TPSA) is 55.8 Å². The summed E-state index contributed by atoms with van der Waals surface area (Å²) < 4.78 is 10.6. The van der Waals surface area contributed by atoms with Gasteiger partial charge in [-0.15, -0.1) is 0 Å². The maximum Gasteiger partial charge on any atom is 0.335 e. The molecule has 1 atom stereocenters. The lowest BCUT2D eigenvalue weighted by atomic mass is 9.91. The Bertz CT molecular complexity index is 885. The molecule has 1 unspecified atom stereocenters. The molecular weight excluding hydrogens is 388 g/mol. The molecule has 31 heavy (non-hydrogen) atoms. The Balaban J connectivity index is 2.17. The Kier molecular flexibility index (Phi) is 9.96. The van der Waals surface area contributed by atoms with Gasteiger partial charge >= 0.3 is 5.97 Å². The molecule has 0 saturated carbocycles. The molecule has 4 nitrogen and oxygen atoms in total. The van der Waals surface area contributed by atoms with Crippen molar-refractivity contribution in [1.29, 1.82) is 0 Å². The van der Waals surface area contributed by atoms with E-state index >= 15 is 0 Å². The Morgan fingerprint density at radius 3 is 2.45 bits per heavy atom. The van der Waals surface area contributed by atoms with E-state index in [2.05, 4.69) is 63.7 Å². The molecule has 4 heteroatoms. The van der Waals surface area contributed by atoms with Gasteiger partial charge < -0.3 is 14.6 Å². The first kappa shape index (κ1) is 24.8. The van der Waals surface area contributed by atoms with Crippen LogP contribution in [0.1, 0.15) is 54.4 Å². The van der Waals surface area contributed by atoms with E-state index < -0.39 is 12.6 Å². The third-order valence-electron chi connectivity index (χ3n) is 5.69. The average molecular weight is 425 g/mol. The number of carbonyl (C=O) groups excluding carboxylic acids is 1. The number of aliphatic hydroxyl groups is 1. The largest absolute Gasteiger partial charge is 0.462 e. The first-order chi connectivity index (χ1) is 14.9. The molecule has 2 aromatic carbocycles. The third-order valence-corrected chi connectivity index (χ3v) is 5.69. The van der Waals surface area contributed by atoms with Crippen molar-refractivity contribution in [2.45, 2.75) is 52.4 Å². The molecule has 0 heterocycles. The molecule has 0 aliphatic rings. The zero-order valence-corrected chi connectivity index (χ0v) is 19.4. The maximum absolute atomic E-state index is 11.8. The van der Waals surface area contributed by atoms with Gasteiger partial charge in [-0.05, 0) is 60.1 Å². The van der Waals surface area contributed by atoms with Crippen LogP contribution in [0.4, 0.5) is 0 Å². The van der Waals surface area contributed by atoms with Crippen LogP contribution in [0.15, 0.2) is 48.6 Å². The fourth-order valence-corrected chi connectivity index (χ4v) is 3.76. The van der Waals surface area contributed by atoms with E-state index in [0.29, 0.717) is 6.61 Å². The van der Waals surface area contributed by atoms with Crippen molar-refractivity contribution >= 4 is 5.97 Å². The minimum atomic E-state index is -0.577. The standard InChI is InChI=1S/C27H36O4/c1-6-7-8-9-22-10-11-24(14-19(22)2)26-13-12-23(15-20(26)3)25(17-30-5)18-31-27(29)21(4)16-28/h10-15,25,28H,4,6-9,16-18H2,1-3,5H3. The highest BCUT2D eigenvalue weighted by atomic mass is 16.5. The van der Waals surface area contributed by atoms with Gasteiger partial charge in [-0.2, -0.15) is 0 Å². The number of rotatable bonds is 12. The van der Waals surface area contributed by atoms with E-state index in [0.717, 1.165) is 12.0 Å². The fourth-order valence-electron chi connectivity index (χ4n) is 3.76. The van der Waals surface area contributed by atoms with Gasteiger partial charge in [-0.3, -0.25) is 0 Å². The molecule has 2 rings (SSSR count). The van der Waals surface area contributed by atoms with Crippen molar-refractivity contribution in [3.8, 4) is 11.1 Å². The summed E-state index contributed by atoms with van der Waals surface area (Å²) in [5.41, 5.74) is 7.46. The predicted octanol–water partition coefficient (Wildman–Crippen LogP) is 5.52. The van der Waals surface area contributed by atoms with Crippen LogP contribution < -0.4 is 0 Å². The minimum absolute atomic E-state index is 0.0520. The van der Waals surface area contributed by atoms with Gasteiger partial charge in [0.15, 0.2) is 0 Å². The van der Waals surface area contributed by atoms with Gasteiger partial charge in [0.1, 0.15) is 6.61 Å². The highest BCUT2D eigenvalue weighted by molar-refractivity contribution is 5.87. The summed E-state index contributed by atoms with van der Waals surface area (Å²) in [5.74, 6) is -0.665. The predicted molar refractivity (Wildman–Crippen MR) is 126 cm³/mol. The van der Waals surface area contributed by atoms with Crippen molar-refractivity contribution in [1.82, 2.24) is 0 Å². The highest BCUT2D eigenvalue weighted by Gasteiger charge is 2.17. The van der Waals surface area contributed by atoms with Crippen molar-refractivity contribution < 1.29 is 19.4 Å². The highest BCUT2D eigenvalue weighted by Crippen LogP contribution is 2.29. The average Bonchev–Trinajstić information content (AvgIpc) is 2.77. The van der Waals surface area contributed by atoms with Crippen LogP contribution in [0.25, 0.3) is 11.1 Å². The van der Waals surface area contributed by atoms with E-state index in [-0.39, 0.29) is 18.1 Å². The van der Waals surface area contributed by atoms with Gasteiger partial charge in [0.2, 0.25) is 0 Å². The Hall–Kier alpha value is -2.43. The van der Waals surface area contributed by atoms with Gasteiger partial charge in [0, 0.05) is 13.0 Å². The molecule has 0 spiro atoms. The SMILES string of the molecule is C=C(CO)C(=O)OCC(COC)c1ccc(-c2ccc(CCCCC)c(C)c2)c(C)c1. The van der Waals surface area contributed by atoms with E-state index in [9.17, 15) is 4.79 Å². The molecule has 0 amide bonds. The lowest BCUT2D eigenvalue weighted by Crippen LogP contribution is -2.18. The second-order valence-electron chi connectivity index (χ2n) is 8.19. The number of hydrogen-bond donors (Lipinski definition) is 1. The van der Waals surface area contributed by atoms with Crippen LogP contribution in [0.5, 0.6) is 0 Å². The number of aliphatic hydroxyl groups excluding tert-OH is 1. The third kappa shape index (κ3) is 7.05. The molecule has 0 aromatic heterocycles. The molecule has 0 saturated heterocycles. The number of methoxy groups -OCH3 is 1.